The predicted octanol–water partition coefficient (Wildman–Crippen LogP) is 3.85. The Morgan fingerprint density at radius 3 is 2.61 bits per heavy atom. The van der Waals surface area contributed by atoms with Crippen LogP contribution in [0.4, 0.5) is 0 Å². The highest BCUT2D eigenvalue weighted by molar-refractivity contribution is 9.10. The van der Waals surface area contributed by atoms with Crippen LogP contribution in [0.3, 0.4) is 0 Å². The van der Waals surface area contributed by atoms with Crippen molar-refractivity contribution in [2.24, 2.45) is 5.84 Å². The van der Waals surface area contributed by atoms with E-state index in [2.05, 4.69) is 33.5 Å². The fourth-order valence-electron chi connectivity index (χ4n) is 1.90. The molecule has 2 aromatic carbocycles. The Kier molecular flexibility index (Phi) is 4.78. The van der Waals surface area contributed by atoms with Crippen LogP contribution in [0.5, 0.6) is 0 Å². The van der Waals surface area contributed by atoms with Crippen LogP contribution in [0.1, 0.15) is 17.2 Å². The lowest BCUT2D eigenvalue weighted by molar-refractivity contribution is 0.552. The molecule has 0 aliphatic rings. The van der Waals surface area contributed by atoms with Gasteiger partial charge in [0.1, 0.15) is 0 Å². The van der Waals surface area contributed by atoms with Crippen LogP contribution >= 0.6 is 27.5 Å². The molecule has 0 aromatic heterocycles. The summed E-state index contributed by atoms with van der Waals surface area (Å²) in [4.78, 5) is 0. The maximum absolute atomic E-state index is 6.00. The molecule has 2 rings (SSSR count). The monoisotopic (exact) mass is 324 g/mol. The molecule has 4 heteroatoms. The van der Waals surface area contributed by atoms with Crippen LogP contribution in [0.2, 0.25) is 5.02 Å². The minimum atomic E-state index is 0.0537. The quantitative estimate of drug-likeness (QED) is 0.662. The molecule has 0 amide bonds. The van der Waals surface area contributed by atoms with Gasteiger partial charge in [-0.1, -0.05) is 51.8 Å². The van der Waals surface area contributed by atoms with Crippen LogP contribution in [0, 0.1) is 0 Å². The zero-order valence-corrected chi connectivity index (χ0v) is 12.1. The number of benzene rings is 2. The summed E-state index contributed by atoms with van der Waals surface area (Å²) in [7, 11) is 0. The van der Waals surface area contributed by atoms with Crippen molar-refractivity contribution < 1.29 is 0 Å². The van der Waals surface area contributed by atoms with E-state index < -0.39 is 0 Å². The van der Waals surface area contributed by atoms with Crippen molar-refractivity contribution >= 4 is 27.5 Å². The lowest BCUT2D eigenvalue weighted by atomic mass is 9.99. The van der Waals surface area contributed by atoms with Crippen molar-refractivity contribution in [1.29, 1.82) is 0 Å². The number of rotatable bonds is 4. The van der Waals surface area contributed by atoms with E-state index in [4.69, 9.17) is 17.4 Å². The molecule has 0 heterocycles. The van der Waals surface area contributed by atoms with Crippen LogP contribution < -0.4 is 11.3 Å². The Hall–Kier alpha value is -0.870. The fraction of sp³-hybridized carbons (Fsp3) is 0.143. The van der Waals surface area contributed by atoms with E-state index in [1.807, 2.05) is 36.4 Å². The lowest BCUT2D eigenvalue weighted by Gasteiger charge is -2.16. The Balaban J connectivity index is 2.19. The second-order valence-corrected chi connectivity index (χ2v) is 5.46. The van der Waals surface area contributed by atoms with Gasteiger partial charge in [0.2, 0.25) is 0 Å². The summed E-state index contributed by atoms with van der Waals surface area (Å²) >= 11 is 9.47. The molecule has 0 aliphatic carbocycles. The highest BCUT2D eigenvalue weighted by atomic mass is 79.9. The average Bonchev–Trinajstić information content (AvgIpc) is 2.36. The Bertz CT molecular complexity index is 531. The first kappa shape index (κ1) is 13.6. The summed E-state index contributed by atoms with van der Waals surface area (Å²) in [6.07, 6.45) is 0.816. The van der Waals surface area contributed by atoms with E-state index in [1.54, 1.807) is 0 Å². The molecule has 0 saturated heterocycles. The number of hydrogen-bond donors (Lipinski definition) is 2. The Morgan fingerprint density at radius 1 is 1.17 bits per heavy atom. The van der Waals surface area contributed by atoms with E-state index in [1.165, 1.54) is 5.56 Å². The molecule has 18 heavy (non-hydrogen) atoms. The van der Waals surface area contributed by atoms with Crippen molar-refractivity contribution in [1.82, 2.24) is 5.43 Å². The van der Waals surface area contributed by atoms with Crippen LogP contribution in [0.25, 0.3) is 0 Å². The maximum atomic E-state index is 6.00. The zero-order valence-electron chi connectivity index (χ0n) is 9.74. The second kappa shape index (κ2) is 6.34. The summed E-state index contributed by atoms with van der Waals surface area (Å²) < 4.78 is 1.07. The van der Waals surface area contributed by atoms with Crippen molar-refractivity contribution in [3.8, 4) is 0 Å². The fourth-order valence-corrected chi connectivity index (χ4v) is 2.54. The van der Waals surface area contributed by atoms with Crippen molar-refractivity contribution in [2.45, 2.75) is 12.5 Å². The SMILES string of the molecule is NNC(Cc1cccc(Br)c1)c1cccc(Cl)c1. The predicted molar refractivity (Wildman–Crippen MR) is 79.4 cm³/mol. The van der Waals surface area contributed by atoms with Crippen LogP contribution in [-0.4, -0.2) is 0 Å². The largest absolute Gasteiger partial charge is 0.271 e. The van der Waals surface area contributed by atoms with Crippen molar-refractivity contribution in [3.63, 3.8) is 0 Å². The molecule has 0 spiro atoms. The highest BCUT2D eigenvalue weighted by Crippen LogP contribution is 2.22. The van der Waals surface area contributed by atoms with Gasteiger partial charge in [0.25, 0.3) is 0 Å². The molecule has 0 bridgehead atoms. The molecule has 2 nitrogen and oxygen atoms in total. The van der Waals surface area contributed by atoms with Gasteiger partial charge in [-0.15, -0.1) is 0 Å². The van der Waals surface area contributed by atoms with Gasteiger partial charge in [-0.3, -0.25) is 11.3 Å². The number of halogens is 2. The first-order valence-corrected chi connectivity index (χ1v) is 6.82. The summed E-state index contributed by atoms with van der Waals surface area (Å²) in [5.41, 5.74) is 5.14. The third-order valence-electron chi connectivity index (χ3n) is 2.78. The summed E-state index contributed by atoms with van der Waals surface area (Å²) in [6.45, 7) is 0. The molecule has 1 unspecified atom stereocenters. The average molecular weight is 326 g/mol. The van der Waals surface area contributed by atoms with Gasteiger partial charge in [-0.05, 0) is 41.8 Å². The van der Waals surface area contributed by atoms with Crippen LogP contribution in [-0.2, 0) is 6.42 Å². The van der Waals surface area contributed by atoms with E-state index in [0.29, 0.717) is 0 Å². The van der Waals surface area contributed by atoms with Gasteiger partial charge in [0.15, 0.2) is 0 Å². The molecule has 94 valence electrons. The minimum absolute atomic E-state index is 0.0537. The van der Waals surface area contributed by atoms with Crippen LogP contribution in [0.15, 0.2) is 53.0 Å². The zero-order chi connectivity index (χ0) is 13.0. The number of hydrazine groups is 1. The summed E-state index contributed by atoms with van der Waals surface area (Å²) in [5.74, 6) is 5.64. The molecular weight excluding hydrogens is 312 g/mol. The first-order chi connectivity index (χ1) is 8.69. The smallest absolute Gasteiger partial charge is 0.0500 e. The molecule has 0 radical (unpaired) electrons. The number of nitrogens with two attached hydrogens (primary N) is 1. The molecule has 0 fully saturated rings. The van der Waals surface area contributed by atoms with Gasteiger partial charge in [-0.25, -0.2) is 0 Å². The highest BCUT2D eigenvalue weighted by Gasteiger charge is 2.11. The normalized spacial score (nSPS) is 12.4. The van der Waals surface area contributed by atoms with E-state index >= 15 is 0 Å². The standard InChI is InChI=1S/C14H14BrClN2/c15-12-5-1-3-10(7-12)8-14(18-17)11-4-2-6-13(16)9-11/h1-7,9,14,18H,8,17H2. The van der Waals surface area contributed by atoms with Gasteiger partial charge in [0, 0.05) is 9.50 Å². The van der Waals surface area contributed by atoms with Gasteiger partial charge >= 0.3 is 0 Å². The van der Waals surface area contributed by atoms with Gasteiger partial charge in [0.05, 0.1) is 6.04 Å². The molecular formula is C14H14BrClN2. The van der Waals surface area contributed by atoms with Gasteiger partial charge < -0.3 is 0 Å². The minimum Gasteiger partial charge on any atom is -0.271 e. The van der Waals surface area contributed by atoms with Gasteiger partial charge in [-0.2, -0.15) is 0 Å². The summed E-state index contributed by atoms with van der Waals surface area (Å²) in [6, 6.07) is 16.0. The van der Waals surface area contributed by atoms with Crippen molar-refractivity contribution in [3.05, 3.63) is 69.2 Å². The third-order valence-corrected chi connectivity index (χ3v) is 3.51. The Morgan fingerprint density at radius 2 is 1.94 bits per heavy atom. The van der Waals surface area contributed by atoms with E-state index in [-0.39, 0.29) is 6.04 Å². The summed E-state index contributed by atoms with van der Waals surface area (Å²) in [5, 5.41) is 0.724. The Labute approximate surface area is 120 Å². The number of hydrogen-bond acceptors (Lipinski definition) is 2. The molecule has 1 atom stereocenters. The maximum Gasteiger partial charge on any atom is 0.0500 e. The molecule has 2 aromatic rings. The van der Waals surface area contributed by atoms with E-state index in [9.17, 15) is 0 Å². The molecule has 0 aliphatic heterocycles. The second-order valence-electron chi connectivity index (χ2n) is 4.11. The first-order valence-electron chi connectivity index (χ1n) is 5.65. The topological polar surface area (TPSA) is 38.0 Å². The molecule has 3 N–H and O–H groups in total. The number of nitrogens with one attached hydrogen (secondary N) is 1. The van der Waals surface area contributed by atoms with Crippen molar-refractivity contribution in [2.75, 3.05) is 0 Å². The lowest BCUT2D eigenvalue weighted by Crippen LogP contribution is -2.29. The molecule has 0 saturated carbocycles. The van der Waals surface area contributed by atoms with E-state index in [0.717, 1.165) is 21.5 Å². The third kappa shape index (κ3) is 3.56.